The average Bonchev–Trinajstić information content (AvgIpc) is 2.65. The van der Waals surface area contributed by atoms with Crippen LogP contribution in [0.3, 0.4) is 0 Å². The number of hydrogen-bond donors (Lipinski definition) is 2. The molecular weight excluding hydrogens is 354 g/mol. The van der Waals surface area contributed by atoms with Crippen molar-refractivity contribution in [2.75, 3.05) is 7.11 Å². The van der Waals surface area contributed by atoms with Crippen molar-refractivity contribution in [3.63, 3.8) is 0 Å². The summed E-state index contributed by atoms with van der Waals surface area (Å²) >= 11 is 5.83. The number of amides is 1. The van der Waals surface area contributed by atoms with Crippen LogP contribution in [0.2, 0.25) is 5.15 Å². The number of nitrogens with one attached hydrogen (secondary N) is 1. The van der Waals surface area contributed by atoms with Crippen molar-refractivity contribution in [3.05, 3.63) is 52.6 Å². The first kappa shape index (κ1) is 18.6. The molecule has 0 aliphatic heterocycles. The van der Waals surface area contributed by atoms with Gasteiger partial charge in [-0.3, -0.25) is 4.79 Å². The van der Waals surface area contributed by atoms with Crippen molar-refractivity contribution in [1.29, 1.82) is 0 Å². The second kappa shape index (κ2) is 8.47. The first-order valence-electron chi connectivity index (χ1n) is 8.69. The van der Waals surface area contributed by atoms with Crippen molar-refractivity contribution in [2.24, 2.45) is 0 Å². The number of carbonyl (C=O) groups excluding carboxylic acids is 1. The molecule has 0 aromatic carbocycles. The Morgan fingerprint density at radius 3 is 2.81 bits per heavy atom. The maximum atomic E-state index is 12.6. The Balaban J connectivity index is 1.77. The van der Waals surface area contributed by atoms with Gasteiger partial charge in [0.1, 0.15) is 16.6 Å². The molecule has 2 aromatic heterocycles. The molecule has 0 bridgehead atoms. The van der Waals surface area contributed by atoms with Crippen LogP contribution in [0, 0.1) is 0 Å². The molecule has 2 N–H and O–H groups in total. The number of rotatable bonds is 5. The summed E-state index contributed by atoms with van der Waals surface area (Å²) in [6, 6.07) is 5.11. The van der Waals surface area contributed by atoms with Gasteiger partial charge in [0.2, 0.25) is 0 Å². The van der Waals surface area contributed by atoms with E-state index < -0.39 is 6.10 Å². The van der Waals surface area contributed by atoms with Gasteiger partial charge in [-0.1, -0.05) is 30.5 Å². The van der Waals surface area contributed by atoms with Gasteiger partial charge in [0.05, 0.1) is 25.5 Å². The highest BCUT2D eigenvalue weighted by Gasteiger charge is 2.25. The fourth-order valence-electron chi connectivity index (χ4n) is 3.18. The summed E-state index contributed by atoms with van der Waals surface area (Å²) < 4.78 is 5.36. The van der Waals surface area contributed by atoms with Crippen LogP contribution in [0.15, 0.2) is 30.6 Å². The van der Waals surface area contributed by atoms with Crippen LogP contribution in [0.5, 0.6) is 5.75 Å². The lowest BCUT2D eigenvalue weighted by molar-refractivity contribution is 0.0713. The van der Waals surface area contributed by atoms with Crippen molar-refractivity contribution in [3.8, 4) is 5.75 Å². The van der Waals surface area contributed by atoms with Crippen molar-refractivity contribution < 1.29 is 14.6 Å². The lowest BCUT2D eigenvalue weighted by Crippen LogP contribution is -2.45. The summed E-state index contributed by atoms with van der Waals surface area (Å²) in [5, 5.41) is 13.4. The van der Waals surface area contributed by atoms with E-state index in [1.165, 1.54) is 0 Å². The van der Waals surface area contributed by atoms with Gasteiger partial charge in [-0.05, 0) is 30.5 Å². The van der Waals surface area contributed by atoms with E-state index in [1.807, 2.05) is 6.07 Å². The second-order valence-electron chi connectivity index (χ2n) is 6.48. The molecule has 7 heteroatoms. The number of carbonyl (C=O) groups is 1. The fourth-order valence-corrected chi connectivity index (χ4v) is 3.30. The Hall–Kier alpha value is -2.18. The number of methoxy groups -OCH3 is 1. The molecule has 0 saturated heterocycles. The third-order valence-electron chi connectivity index (χ3n) is 4.63. The van der Waals surface area contributed by atoms with Gasteiger partial charge < -0.3 is 15.2 Å². The molecule has 0 spiro atoms. The molecule has 138 valence electrons. The predicted octanol–water partition coefficient (Wildman–Crippen LogP) is 2.76. The Labute approximate surface area is 157 Å². The van der Waals surface area contributed by atoms with E-state index in [4.69, 9.17) is 16.3 Å². The molecule has 2 heterocycles. The Morgan fingerprint density at radius 1 is 1.31 bits per heavy atom. The van der Waals surface area contributed by atoms with Gasteiger partial charge in [0, 0.05) is 18.2 Å². The number of hydrogen-bond acceptors (Lipinski definition) is 5. The van der Waals surface area contributed by atoms with E-state index in [2.05, 4.69) is 15.3 Å². The van der Waals surface area contributed by atoms with E-state index in [1.54, 1.807) is 31.6 Å². The van der Waals surface area contributed by atoms with Crippen LogP contribution in [-0.2, 0) is 6.42 Å². The summed E-state index contributed by atoms with van der Waals surface area (Å²) in [4.78, 5) is 20.8. The first-order valence-corrected chi connectivity index (χ1v) is 9.07. The molecule has 1 aliphatic carbocycles. The number of aromatic nitrogens is 2. The van der Waals surface area contributed by atoms with Gasteiger partial charge >= 0.3 is 0 Å². The molecular formula is C19H22ClN3O3. The van der Waals surface area contributed by atoms with E-state index >= 15 is 0 Å². The molecule has 6 nitrogen and oxygen atoms in total. The zero-order valence-corrected chi connectivity index (χ0v) is 15.4. The van der Waals surface area contributed by atoms with Crippen LogP contribution in [0.25, 0.3) is 0 Å². The van der Waals surface area contributed by atoms with Crippen molar-refractivity contribution in [2.45, 2.75) is 44.2 Å². The van der Waals surface area contributed by atoms with E-state index in [9.17, 15) is 9.90 Å². The number of pyridine rings is 2. The third kappa shape index (κ3) is 4.51. The molecule has 2 atom stereocenters. The maximum Gasteiger partial charge on any atom is 0.270 e. The summed E-state index contributed by atoms with van der Waals surface area (Å²) in [6.45, 7) is 0. The fraction of sp³-hybridized carbons (Fsp3) is 0.421. The molecule has 3 rings (SSSR count). The molecule has 0 radical (unpaired) electrons. The van der Waals surface area contributed by atoms with E-state index in [-0.39, 0.29) is 11.9 Å². The second-order valence-corrected chi connectivity index (χ2v) is 6.87. The van der Waals surface area contributed by atoms with Gasteiger partial charge in [-0.25, -0.2) is 9.97 Å². The van der Waals surface area contributed by atoms with Gasteiger partial charge in [0.25, 0.3) is 5.91 Å². The average molecular weight is 376 g/mol. The highest BCUT2D eigenvalue weighted by Crippen LogP contribution is 2.23. The minimum absolute atomic E-state index is 0.218. The van der Waals surface area contributed by atoms with Crippen LogP contribution < -0.4 is 10.1 Å². The molecule has 1 saturated carbocycles. The monoisotopic (exact) mass is 375 g/mol. The zero-order valence-electron chi connectivity index (χ0n) is 14.6. The number of aliphatic hydroxyl groups excluding tert-OH is 1. The number of nitrogens with zero attached hydrogens (tertiary/aromatic N) is 2. The van der Waals surface area contributed by atoms with Crippen molar-refractivity contribution >= 4 is 17.5 Å². The SMILES string of the molecule is COc1cnc(C(=O)NC2CCCC[C@@H]2O)cc1Cc1ccc(Cl)nc1. The summed E-state index contributed by atoms with van der Waals surface area (Å²) in [5.74, 6) is 0.322. The summed E-state index contributed by atoms with van der Waals surface area (Å²) in [5.41, 5.74) is 2.09. The normalized spacial score (nSPS) is 19.8. The Bertz CT molecular complexity index is 767. The van der Waals surface area contributed by atoms with Crippen molar-refractivity contribution in [1.82, 2.24) is 15.3 Å². The quantitative estimate of drug-likeness (QED) is 0.785. The zero-order chi connectivity index (χ0) is 18.5. The van der Waals surface area contributed by atoms with Gasteiger partial charge in [0.15, 0.2) is 0 Å². The molecule has 1 amide bonds. The number of aliphatic hydroxyl groups is 1. The maximum absolute atomic E-state index is 12.6. The lowest BCUT2D eigenvalue weighted by Gasteiger charge is -2.28. The predicted molar refractivity (Wildman–Crippen MR) is 98.6 cm³/mol. The Kier molecular flexibility index (Phi) is 6.06. The van der Waals surface area contributed by atoms with Crippen LogP contribution in [0.1, 0.15) is 47.3 Å². The summed E-state index contributed by atoms with van der Waals surface area (Å²) in [7, 11) is 1.57. The Morgan fingerprint density at radius 2 is 2.12 bits per heavy atom. The molecule has 1 aliphatic rings. The lowest BCUT2D eigenvalue weighted by atomic mass is 9.92. The topological polar surface area (TPSA) is 84.3 Å². The summed E-state index contributed by atoms with van der Waals surface area (Å²) in [6.07, 6.45) is 6.79. The third-order valence-corrected chi connectivity index (χ3v) is 4.85. The number of halogens is 1. The highest BCUT2D eigenvalue weighted by atomic mass is 35.5. The smallest absolute Gasteiger partial charge is 0.270 e. The molecule has 1 fully saturated rings. The number of ether oxygens (including phenoxy) is 1. The minimum atomic E-state index is -0.495. The van der Waals surface area contributed by atoms with E-state index in [0.717, 1.165) is 36.8 Å². The standard InChI is InChI=1S/C19H22ClN3O3/c1-26-17-11-21-15(19(25)23-14-4-2-3-5-16(14)24)9-13(17)8-12-6-7-18(20)22-10-12/h6-7,9-11,14,16,24H,2-5,8H2,1H3,(H,23,25)/t14?,16-/m0/s1. The molecule has 1 unspecified atom stereocenters. The van der Waals surface area contributed by atoms with Crippen LogP contribution >= 0.6 is 11.6 Å². The van der Waals surface area contributed by atoms with Crippen LogP contribution in [0.4, 0.5) is 0 Å². The van der Waals surface area contributed by atoms with Crippen LogP contribution in [-0.4, -0.2) is 40.2 Å². The first-order chi connectivity index (χ1) is 12.6. The minimum Gasteiger partial charge on any atom is -0.495 e. The highest BCUT2D eigenvalue weighted by molar-refractivity contribution is 6.29. The van der Waals surface area contributed by atoms with Gasteiger partial charge in [-0.15, -0.1) is 0 Å². The van der Waals surface area contributed by atoms with E-state index in [0.29, 0.717) is 23.0 Å². The van der Waals surface area contributed by atoms with Gasteiger partial charge in [-0.2, -0.15) is 0 Å². The molecule has 2 aromatic rings. The largest absolute Gasteiger partial charge is 0.495 e. The molecule has 26 heavy (non-hydrogen) atoms.